The molecule has 0 spiro atoms. The van der Waals surface area contributed by atoms with E-state index in [9.17, 15) is 22.4 Å². The molecule has 1 aliphatic rings. The molecule has 0 saturated heterocycles. The van der Waals surface area contributed by atoms with E-state index in [-0.39, 0.29) is 43.2 Å². The van der Waals surface area contributed by atoms with Gasteiger partial charge in [0.1, 0.15) is 11.9 Å². The third-order valence-electron chi connectivity index (χ3n) is 7.39. The largest absolute Gasteiger partial charge is 0.352 e. The molecule has 0 heterocycles. The van der Waals surface area contributed by atoms with Gasteiger partial charge in [-0.15, -0.1) is 0 Å². The highest BCUT2D eigenvalue weighted by molar-refractivity contribution is 7.92. The first-order valence-electron chi connectivity index (χ1n) is 13.9. The number of rotatable bonds is 12. The number of aryl methyl sites for hydroxylation is 2. The van der Waals surface area contributed by atoms with Crippen LogP contribution in [0.1, 0.15) is 75.0 Å². The van der Waals surface area contributed by atoms with E-state index in [0.717, 1.165) is 42.4 Å². The van der Waals surface area contributed by atoms with E-state index in [1.165, 1.54) is 29.1 Å². The summed E-state index contributed by atoms with van der Waals surface area (Å²) >= 11 is 0. The molecule has 3 rings (SSSR count). The number of nitrogens with zero attached hydrogens (tertiary/aromatic N) is 2. The highest BCUT2D eigenvalue weighted by atomic mass is 32.2. The van der Waals surface area contributed by atoms with Gasteiger partial charge in [0.2, 0.25) is 21.8 Å². The van der Waals surface area contributed by atoms with Gasteiger partial charge in [-0.25, -0.2) is 12.8 Å². The van der Waals surface area contributed by atoms with Gasteiger partial charge < -0.3 is 10.2 Å². The summed E-state index contributed by atoms with van der Waals surface area (Å²) in [5, 5.41) is 3.15. The standard InChI is InChI=1S/C30H42FN3O4S/c1-5-27(30(36)32-26-10-7-6-8-11-26)33(21-24-15-17-25(31)18-16-24)29(35)12-9-19-34(39(4,37)38)28-20-22(2)13-14-23(28)3/h13-18,20,26-27H,5-12,19,21H2,1-4H3,(H,32,36)/t27-/m1/s1. The van der Waals surface area contributed by atoms with E-state index >= 15 is 0 Å². The molecule has 0 radical (unpaired) electrons. The van der Waals surface area contributed by atoms with Crippen LogP contribution in [0, 0.1) is 19.7 Å². The monoisotopic (exact) mass is 559 g/mol. The van der Waals surface area contributed by atoms with Crippen LogP contribution in [0.5, 0.6) is 0 Å². The van der Waals surface area contributed by atoms with E-state index in [4.69, 9.17) is 0 Å². The molecule has 1 aliphatic carbocycles. The van der Waals surface area contributed by atoms with Crippen molar-refractivity contribution < 1.29 is 22.4 Å². The molecule has 2 aromatic rings. The number of sulfonamides is 1. The quantitative estimate of drug-likeness (QED) is 0.385. The molecule has 0 aliphatic heterocycles. The van der Waals surface area contributed by atoms with Crippen molar-refractivity contribution in [3.63, 3.8) is 0 Å². The average Bonchev–Trinajstić information content (AvgIpc) is 2.89. The van der Waals surface area contributed by atoms with Crippen molar-refractivity contribution in [3.05, 3.63) is 65.0 Å². The molecule has 0 aromatic heterocycles. The number of carbonyl (C=O) groups is 2. The minimum Gasteiger partial charge on any atom is -0.352 e. The molecule has 2 amide bonds. The minimum absolute atomic E-state index is 0.0747. The number of halogens is 1. The molecule has 1 saturated carbocycles. The Morgan fingerprint density at radius 2 is 1.72 bits per heavy atom. The lowest BCUT2D eigenvalue weighted by molar-refractivity contribution is -0.141. The first kappa shape index (κ1) is 30.6. The summed E-state index contributed by atoms with van der Waals surface area (Å²) in [7, 11) is -3.57. The molecule has 0 bridgehead atoms. The molecule has 1 atom stereocenters. The summed E-state index contributed by atoms with van der Waals surface area (Å²) in [6.45, 7) is 5.96. The first-order valence-corrected chi connectivity index (χ1v) is 15.7. The van der Waals surface area contributed by atoms with Crippen LogP contribution in [0.3, 0.4) is 0 Å². The number of carbonyl (C=O) groups excluding carboxylic acids is 2. The summed E-state index contributed by atoms with van der Waals surface area (Å²) in [6.07, 6.45) is 7.18. The number of hydrogen-bond donors (Lipinski definition) is 1. The molecular formula is C30H42FN3O4S. The Hall–Kier alpha value is -2.94. The highest BCUT2D eigenvalue weighted by Crippen LogP contribution is 2.25. The van der Waals surface area contributed by atoms with Crippen molar-refractivity contribution >= 4 is 27.5 Å². The van der Waals surface area contributed by atoms with Gasteiger partial charge in [0.05, 0.1) is 11.9 Å². The van der Waals surface area contributed by atoms with Crippen LogP contribution in [-0.4, -0.2) is 50.0 Å². The number of benzene rings is 2. The predicted molar refractivity (Wildman–Crippen MR) is 153 cm³/mol. The van der Waals surface area contributed by atoms with Crippen LogP contribution < -0.4 is 9.62 Å². The fourth-order valence-corrected chi connectivity index (χ4v) is 6.24. The Morgan fingerprint density at radius 3 is 2.33 bits per heavy atom. The number of anilines is 1. The molecule has 1 N–H and O–H groups in total. The van der Waals surface area contributed by atoms with Crippen LogP contribution in [0.25, 0.3) is 0 Å². The third kappa shape index (κ3) is 8.78. The smallest absolute Gasteiger partial charge is 0.243 e. The number of hydrogen-bond acceptors (Lipinski definition) is 4. The Balaban J connectivity index is 1.77. The minimum atomic E-state index is -3.57. The van der Waals surface area contributed by atoms with E-state index in [1.807, 2.05) is 39.0 Å². The van der Waals surface area contributed by atoms with Crippen molar-refractivity contribution in [2.75, 3.05) is 17.1 Å². The molecule has 1 fully saturated rings. The van der Waals surface area contributed by atoms with Gasteiger partial charge >= 0.3 is 0 Å². The molecule has 7 nitrogen and oxygen atoms in total. The van der Waals surface area contributed by atoms with Gasteiger partial charge in [0, 0.05) is 25.6 Å². The van der Waals surface area contributed by atoms with Crippen LogP contribution in [0.2, 0.25) is 0 Å². The normalized spacial score (nSPS) is 15.0. The molecular weight excluding hydrogens is 517 g/mol. The van der Waals surface area contributed by atoms with Gasteiger partial charge in [-0.1, -0.05) is 50.5 Å². The van der Waals surface area contributed by atoms with Crippen LogP contribution in [0.15, 0.2) is 42.5 Å². The second kappa shape index (κ2) is 13.9. The van der Waals surface area contributed by atoms with Crippen molar-refractivity contribution in [1.82, 2.24) is 10.2 Å². The Morgan fingerprint density at radius 1 is 1.05 bits per heavy atom. The van der Waals surface area contributed by atoms with Gasteiger partial charge in [0.15, 0.2) is 0 Å². The summed E-state index contributed by atoms with van der Waals surface area (Å²) in [6, 6.07) is 11.0. The Labute approximate surface area is 232 Å². The Bertz CT molecular complexity index is 1230. The lowest BCUT2D eigenvalue weighted by Crippen LogP contribution is -2.51. The fourth-order valence-electron chi connectivity index (χ4n) is 5.22. The Kier molecular flexibility index (Phi) is 10.9. The van der Waals surface area contributed by atoms with Gasteiger partial charge in [-0.05, 0) is 74.4 Å². The maximum Gasteiger partial charge on any atom is 0.243 e. The summed E-state index contributed by atoms with van der Waals surface area (Å²) in [5.41, 5.74) is 3.11. The average molecular weight is 560 g/mol. The lowest BCUT2D eigenvalue weighted by atomic mass is 9.95. The summed E-state index contributed by atoms with van der Waals surface area (Å²) < 4.78 is 40.2. The maximum atomic E-state index is 13.6. The van der Waals surface area contributed by atoms with E-state index in [1.54, 1.807) is 17.0 Å². The lowest BCUT2D eigenvalue weighted by Gasteiger charge is -2.33. The van der Waals surface area contributed by atoms with Gasteiger partial charge in [0.25, 0.3) is 0 Å². The topological polar surface area (TPSA) is 86.8 Å². The van der Waals surface area contributed by atoms with Crippen molar-refractivity contribution in [1.29, 1.82) is 0 Å². The fraction of sp³-hybridized carbons (Fsp3) is 0.533. The van der Waals surface area contributed by atoms with Crippen LogP contribution in [-0.2, 0) is 26.2 Å². The molecule has 0 unspecified atom stereocenters. The van der Waals surface area contributed by atoms with Crippen LogP contribution in [0.4, 0.5) is 10.1 Å². The predicted octanol–water partition coefficient (Wildman–Crippen LogP) is 5.25. The first-order chi connectivity index (χ1) is 18.5. The van der Waals surface area contributed by atoms with E-state index in [2.05, 4.69) is 5.32 Å². The van der Waals surface area contributed by atoms with E-state index in [0.29, 0.717) is 18.5 Å². The molecule has 214 valence electrons. The molecule has 39 heavy (non-hydrogen) atoms. The SMILES string of the molecule is CC[C@H](C(=O)NC1CCCCC1)N(Cc1ccc(F)cc1)C(=O)CCCN(c1cc(C)ccc1C)S(C)(=O)=O. The zero-order chi connectivity index (χ0) is 28.6. The third-order valence-corrected chi connectivity index (χ3v) is 8.57. The number of nitrogens with one attached hydrogen (secondary N) is 1. The van der Waals surface area contributed by atoms with Crippen LogP contribution >= 0.6 is 0 Å². The second-order valence-electron chi connectivity index (χ2n) is 10.6. The highest BCUT2D eigenvalue weighted by Gasteiger charge is 2.30. The van der Waals surface area contributed by atoms with E-state index < -0.39 is 16.1 Å². The summed E-state index contributed by atoms with van der Waals surface area (Å²) in [5.74, 6) is -0.779. The second-order valence-corrected chi connectivity index (χ2v) is 12.6. The maximum absolute atomic E-state index is 13.6. The van der Waals surface area contributed by atoms with Crippen molar-refractivity contribution in [2.45, 2.75) is 90.8 Å². The molecule has 2 aromatic carbocycles. The molecule has 9 heteroatoms. The zero-order valence-electron chi connectivity index (χ0n) is 23.6. The van der Waals surface area contributed by atoms with Gasteiger partial charge in [-0.3, -0.25) is 13.9 Å². The summed E-state index contributed by atoms with van der Waals surface area (Å²) in [4.78, 5) is 28.5. The number of amides is 2. The van der Waals surface area contributed by atoms with Gasteiger partial charge in [-0.2, -0.15) is 0 Å². The van der Waals surface area contributed by atoms with Crippen molar-refractivity contribution in [3.8, 4) is 0 Å². The zero-order valence-corrected chi connectivity index (χ0v) is 24.4. The van der Waals surface area contributed by atoms with Crippen molar-refractivity contribution in [2.24, 2.45) is 0 Å².